The van der Waals surface area contributed by atoms with Crippen LogP contribution in [0.1, 0.15) is 29.6 Å². The van der Waals surface area contributed by atoms with E-state index < -0.39 is 24.2 Å². The molecule has 1 amide bonds. The summed E-state index contributed by atoms with van der Waals surface area (Å²) in [5.74, 6) is -1.26. The van der Waals surface area contributed by atoms with Crippen LogP contribution in [0.3, 0.4) is 0 Å². The average Bonchev–Trinajstić information content (AvgIpc) is 3.23. The average molecular weight is 367 g/mol. The fraction of sp³-hybridized carbons (Fsp3) is 0.429. The topological polar surface area (TPSA) is 52.9 Å². The lowest BCUT2D eigenvalue weighted by molar-refractivity contribution is -0.297. The summed E-state index contributed by atoms with van der Waals surface area (Å²) in [6, 6.07) is 3.85. The van der Waals surface area contributed by atoms with E-state index in [0.717, 1.165) is 6.07 Å². The number of nitrogens with zero attached hydrogens (tertiary/aromatic N) is 2. The summed E-state index contributed by atoms with van der Waals surface area (Å²) in [6.07, 6.45) is -4.39. The third-order valence-electron chi connectivity index (χ3n) is 3.86. The maximum Gasteiger partial charge on any atom is 0.438 e. The van der Waals surface area contributed by atoms with E-state index in [1.165, 1.54) is 12.1 Å². The van der Waals surface area contributed by atoms with Crippen molar-refractivity contribution in [1.29, 1.82) is 0 Å². The van der Waals surface area contributed by atoms with Crippen molar-refractivity contribution in [3.63, 3.8) is 0 Å². The van der Waals surface area contributed by atoms with E-state index in [1.807, 2.05) is 0 Å². The lowest BCUT2D eigenvalue weighted by atomic mass is 10.0. The van der Waals surface area contributed by atoms with Crippen LogP contribution >= 0.6 is 23.2 Å². The number of aliphatic hydroxyl groups is 1. The molecule has 23 heavy (non-hydrogen) atoms. The van der Waals surface area contributed by atoms with Crippen molar-refractivity contribution in [1.82, 2.24) is 5.01 Å². The molecule has 1 aromatic carbocycles. The van der Waals surface area contributed by atoms with E-state index in [4.69, 9.17) is 23.2 Å². The maximum atomic E-state index is 13.3. The van der Waals surface area contributed by atoms with Crippen LogP contribution in [0.2, 0.25) is 10.0 Å². The molecule has 0 bridgehead atoms. The second kappa shape index (κ2) is 5.36. The van der Waals surface area contributed by atoms with Crippen molar-refractivity contribution in [2.24, 2.45) is 11.0 Å². The fourth-order valence-corrected chi connectivity index (χ4v) is 2.80. The highest BCUT2D eigenvalue weighted by atomic mass is 35.5. The third kappa shape index (κ3) is 2.81. The molecule has 1 aromatic rings. The van der Waals surface area contributed by atoms with Gasteiger partial charge in [-0.15, -0.1) is 0 Å². The number of alkyl halides is 3. The summed E-state index contributed by atoms with van der Waals surface area (Å²) in [5.41, 5.74) is -3.44. The number of hydrazone groups is 1. The molecule has 9 heteroatoms. The fourth-order valence-electron chi connectivity index (χ4n) is 2.43. The van der Waals surface area contributed by atoms with Gasteiger partial charge in [0.1, 0.15) is 0 Å². The predicted octanol–water partition coefficient (Wildman–Crippen LogP) is 3.86. The Morgan fingerprint density at radius 2 is 2.00 bits per heavy atom. The van der Waals surface area contributed by atoms with Gasteiger partial charge in [-0.25, -0.2) is 0 Å². The number of hydrogen-bond donors (Lipinski definition) is 1. The number of carbonyl (C=O) groups is 1. The molecule has 1 aliphatic heterocycles. The molecule has 1 aliphatic carbocycles. The highest BCUT2D eigenvalue weighted by Crippen LogP contribution is 2.46. The first kappa shape index (κ1) is 16.5. The van der Waals surface area contributed by atoms with Crippen LogP contribution in [0.25, 0.3) is 0 Å². The summed E-state index contributed by atoms with van der Waals surface area (Å²) in [5, 5.41) is 14.0. The van der Waals surface area contributed by atoms with Crippen molar-refractivity contribution in [3.8, 4) is 0 Å². The first-order valence-corrected chi connectivity index (χ1v) is 7.55. The molecule has 4 nitrogen and oxygen atoms in total. The lowest BCUT2D eigenvalue weighted by Gasteiger charge is -2.32. The quantitative estimate of drug-likeness (QED) is 0.863. The lowest BCUT2D eigenvalue weighted by Crippen LogP contribution is -2.56. The number of benzene rings is 1. The first-order chi connectivity index (χ1) is 10.6. The molecule has 0 spiro atoms. The Balaban J connectivity index is 2.03. The van der Waals surface area contributed by atoms with Crippen LogP contribution in [0, 0.1) is 5.92 Å². The normalized spacial score (nSPS) is 24.8. The highest BCUT2D eigenvalue weighted by molar-refractivity contribution is 6.35. The van der Waals surface area contributed by atoms with Gasteiger partial charge < -0.3 is 5.11 Å². The molecular formula is C14H11Cl2F3N2O2. The number of rotatable bonds is 2. The molecule has 0 unspecified atom stereocenters. The van der Waals surface area contributed by atoms with Crippen LogP contribution in [0.4, 0.5) is 13.2 Å². The summed E-state index contributed by atoms with van der Waals surface area (Å²) < 4.78 is 40.0. The molecule has 3 rings (SSSR count). The zero-order chi connectivity index (χ0) is 17.0. The largest absolute Gasteiger partial charge is 0.438 e. The van der Waals surface area contributed by atoms with Crippen molar-refractivity contribution in [3.05, 3.63) is 33.8 Å². The van der Waals surface area contributed by atoms with E-state index in [1.54, 1.807) is 0 Å². The van der Waals surface area contributed by atoms with Crippen LogP contribution in [-0.4, -0.2) is 33.6 Å². The van der Waals surface area contributed by atoms with E-state index in [0.29, 0.717) is 12.8 Å². The highest BCUT2D eigenvalue weighted by Gasteiger charge is 2.64. The van der Waals surface area contributed by atoms with Gasteiger partial charge in [0.2, 0.25) is 0 Å². The zero-order valence-electron chi connectivity index (χ0n) is 11.6. The minimum Gasteiger partial charge on any atom is -0.362 e. The zero-order valence-corrected chi connectivity index (χ0v) is 13.1. The van der Waals surface area contributed by atoms with Gasteiger partial charge in [0.15, 0.2) is 0 Å². The number of halogens is 5. The third-order valence-corrected chi connectivity index (χ3v) is 4.42. The minimum atomic E-state index is -5.05. The molecule has 0 aromatic heterocycles. The number of carbonyl (C=O) groups excluding carboxylic acids is 1. The first-order valence-electron chi connectivity index (χ1n) is 6.79. The van der Waals surface area contributed by atoms with Gasteiger partial charge in [-0.2, -0.15) is 23.3 Å². The minimum absolute atomic E-state index is 0.0704. The molecular weight excluding hydrogens is 356 g/mol. The summed E-state index contributed by atoms with van der Waals surface area (Å²) in [4.78, 5) is 12.5. The molecule has 2 aliphatic rings. The molecule has 0 saturated heterocycles. The Morgan fingerprint density at radius 1 is 1.35 bits per heavy atom. The molecule has 1 heterocycles. The van der Waals surface area contributed by atoms with E-state index in [9.17, 15) is 23.1 Å². The van der Waals surface area contributed by atoms with Crippen molar-refractivity contribution in [2.75, 3.05) is 0 Å². The Labute approximate surface area is 139 Å². The second-order valence-corrected chi connectivity index (χ2v) is 6.44. The van der Waals surface area contributed by atoms with Gasteiger partial charge in [0.05, 0.1) is 10.6 Å². The Bertz CT molecular complexity index is 704. The van der Waals surface area contributed by atoms with Crippen molar-refractivity contribution < 1.29 is 23.1 Å². The smallest absolute Gasteiger partial charge is 0.362 e. The summed E-state index contributed by atoms with van der Waals surface area (Å²) in [6.45, 7) is 0. The molecule has 0 radical (unpaired) electrons. The van der Waals surface area contributed by atoms with Gasteiger partial charge in [-0.05, 0) is 37.0 Å². The standard InChI is InChI=1S/C14H11Cl2F3N2O2/c15-8-3-4-10(16)9(5-8)12(22)21-13(23,14(17,18)19)6-11(20-21)7-1-2-7/h3-5,7,23H,1-2,6H2/t13-/m1/s1. The molecule has 1 atom stereocenters. The van der Waals surface area contributed by atoms with Gasteiger partial charge in [0.25, 0.3) is 11.6 Å². The number of hydrogen-bond acceptors (Lipinski definition) is 3. The summed E-state index contributed by atoms with van der Waals surface area (Å²) >= 11 is 11.6. The van der Waals surface area contributed by atoms with Crippen molar-refractivity contribution in [2.45, 2.75) is 31.2 Å². The van der Waals surface area contributed by atoms with Gasteiger partial charge in [-0.3, -0.25) is 4.79 Å². The molecule has 124 valence electrons. The molecule has 1 saturated carbocycles. The van der Waals surface area contributed by atoms with Crippen LogP contribution in [0.15, 0.2) is 23.3 Å². The van der Waals surface area contributed by atoms with E-state index >= 15 is 0 Å². The molecule has 1 fully saturated rings. The van der Waals surface area contributed by atoms with E-state index in [2.05, 4.69) is 5.10 Å². The molecule has 1 N–H and O–H groups in total. The van der Waals surface area contributed by atoms with Crippen LogP contribution in [0.5, 0.6) is 0 Å². The predicted molar refractivity (Wildman–Crippen MR) is 78.4 cm³/mol. The van der Waals surface area contributed by atoms with Gasteiger partial charge in [-0.1, -0.05) is 23.2 Å². The Morgan fingerprint density at radius 3 is 2.57 bits per heavy atom. The number of amides is 1. The monoisotopic (exact) mass is 366 g/mol. The maximum absolute atomic E-state index is 13.3. The van der Waals surface area contributed by atoms with Gasteiger partial charge >= 0.3 is 6.18 Å². The van der Waals surface area contributed by atoms with Crippen molar-refractivity contribution >= 4 is 34.8 Å². The Hall–Kier alpha value is -1.31. The summed E-state index contributed by atoms with van der Waals surface area (Å²) in [7, 11) is 0. The van der Waals surface area contributed by atoms with E-state index in [-0.39, 0.29) is 32.2 Å². The SMILES string of the molecule is O=C(c1cc(Cl)ccc1Cl)N1N=C(C2CC2)C[C@@]1(O)C(F)(F)F. The van der Waals surface area contributed by atoms with Crippen LogP contribution < -0.4 is 0 Å². The Kier molecular flexibility index (Phi) is 3.85. The van der Waals surface area contributed by atoms with Crippen LogP contribution in [-0.2, 0) is 0 Å². The second-order valence-electron chi connectivity index (χ2n) is 5.60. The van der Waals surface area contributed by atoms with Gasteiger partial charge in [0, 0.05) is 17.2 Å².